The van der Waals surface area contributed by atoms with Crippen LogP contribution in [0.15, 0.2) is 36.4 Å². The second-order valence-corrected chi connectivity index (χ2v) is 7.00. The maximum Gasteiger partial charge on any atom is 0.409 e. The van der Waals surface area contributed by atoms with Gasteiger partial charge >= 0.3 is 12.1 Å². The van der Waals surface area contributed by atoms with Crippen LogP contribution >= 0.6 is 0 Å². The third kappa shape index (κ3) is 5.20. The van der Waals surface area contributed by atoms with Gasteiger partial charge in [-0.25, -0.2) is 9.59 Å². The number of rotatable bonds is 6. The molecule has 2 aromatic carbocycles. The Morgan fingerprint density at radius 3 is 2.37 bits per heavy atom. The summed E-state index contributed by atoms with van der Waals surface area (Å²) in [6, 6.07) is 11.0. The largest absolute Gasteiger partial charge is 0.496 e. The molecular weight excluding hydrogens is 388 g/mol. The molecule has 30 heavy (non-hydrogen) atoms. The molecule has 0 bridgehead atoms. The molecule has 2 amide bonds. The van der Waals surface area contributed by atoms with Crippen LogP contribution in [-0.2, 0) is 14.3 Å². The highest BCUT2D eigenvalue weighted by molar-refractivity contribution is 5.99. The molecule has 0 saturated carbocycles. The summed E-state index contributed by atoms with van der Waals surface area (Å²) in [7, 11) is 1.48. The van der Waals surface area contributed by atoms with E-state index in [1.807, 2.05) is 24.3 Å². The van der Waals surface area contributed by atoms with Gasteiger partial charge in [-0.05, 0) is 42.7 Å². The van der Waals surface area contributed by atoms with Crippen molar-refractivity contribution in [1.82, 2.24) is 10.2 Å². The van der Waals surface area contributed by atoms with Crippen molar-refractivity contribution in [2.24, 2.45) is 0 Å². The van der Waals surface area contributed by atoms with Crippen LogP contribution < -0.4 is 10.1 Å². The minimum Gasteiger partial charge on any atom is -0.496 e. The molecule has 1 heterocycles. The normalized spacial score (nSPS) is 14.3. The molecule has 1 aliphatic heterocycles. The highest BCUT2D eigenvalue weighted by Crippen LogP contribution is 2.26. The minimum absolute atomic E-state index is 0.0721. The van der Waals surface area contributed by atoms with E-state index in [2.05, 4.69) is 5.32 Å². The van der Waals surface area contributed by atoms with Crippen LogP contribution in [0.5, 0.6) is 5.75 Å². The zero-order valence-corrected chi connectivity index (χ0v) is 17.2. The van der Waals surface area contributed by atoms with Crippen molar-refractivity contribution in [3.8, 4) is 5.75 Å². The van der Waals surface area contributed by atoms with Crippen LogP contribution in [0, 0.1) is 0 Å². The Morgan fingerprint density at radius 1 is 1.07 bits per heavy atom. The standard InChI is InChI=1S/C22H26N2O6/c1-3-29-22(27)24-10-8-17(9-11-24)23-20(25)14-30-21(26)18-12-15-6-4-5-7-16(15)13-19(18)28-2/h4-7,12-13,17H,3,8-11,14H2,1-2H3,(H,23,25). The predicted octanol–water partition coefficient (Wildman–Crippen LogP) is 2.74. The molecule has 0 aliphatic carbocycles. The zero-order chi connectivity index (χ0) is 21.5. The van der Waals surface area contributed by atoms with E-state index in [0.717, 1.165) is 10.8 Å². The molecule has 1 fully saturated rings. The fourth-order valence-corrected chi connectivity index (χ4v) is 3.45. The number of hydrogen-bond donors (Lipinski definition) is 1. The maximum absolute atomic E-state index is 12.5. The van der Waals surface area contributed by atoms with Gasteiger partial charge in [0, 0.05) is 19.1 Å². The average molecular weight is 414 g/mol. The molecule has 0 unspecified atom stereocenters. The van der Waals surface area contributed by atoms with Crippen molar-refractivity contribution in [3.63, 3.8) is 0 Å². The number of fused-ring (bicyclic) bond motifs is 1. The lowest BCUT2D eigenvalue weighted by Crippen LogP contribution is -2.47. The summed E-state index contributed by atoms with van der Waals surface area (Å²) in [5.74, 6) is -0.604. The van der Waals surface area contributed by atoms with Crippen LogP contribution in [-0.4, -0.2) is 62.3 Å². The van der Waals surface area contributed by atoms with Gasteiger partial charge in [0.1, 0.15) is 11.3 Å². The van der Waals surface area contributed by atoms with Crippen molar-refractivity contribution in [2.45, 2.75) is 25.8 Å². The molecule has 0 spiro atoms. The van der Waals surface area contributed by atoms with E-state index >= 15 is 0 Å². The summed E-state index contributed by atoms with van der Waals surface area (Å²) < 4.78 is 15.5. The molecule has 1 aliphatic rings. The van der Waals surface area contributed by atoms with Crippen LogP contribution in [0.25, 0.3) is 10.8 Å². The van der Waals surface area contributed by atoms with E-state index in [4.69, 9.17) is 14.2 Å². The van der Waals surface area contributed by atoms with E-state index < -0.39 is 5.97 Å². The van der Waals surface area contributed by atoms with Crippen LogP contribution in [0.1, 0.15) is 30.1 Å². The number of amides is 2. The number of nitrogens with one attached hydrogen (secondary N) is 1. The third-order valence-corrected chi connectivity index (χ3v) is 5.01. The fourth-order valence-electron chi connectivity index (χ4n) is 3.45. The Labute approximate surface area is 175 Å². The number of methoxy groups -OCH3 is 1. The van der Waals surface area contributed by atoms with Gasteiger partial charge in [0.2, 0.25) is 0 Å². The number of esters is 1. The van der Waals surface area contributed by atoms with Crippen LogP contribution in [0.3, 0.4) is 0 Å². The first kappa shape index (κ1) is 21.4. The van der Waals surface area contributed by atoms with Crippen LogP contribution in [0.2, 0.25) is 0 Å². The van der Waals surface area contributed by atoms with Gasteiger partial charge in [-0.3, -0.25) is 4.79 Å². The molecule has 3 rings (SSSR count). The van der Waals surface area contributed by atoms with E-state index in [1.54, 1.807) is 24.0 Å². The Morgan fingerprint density at radius 2 is 1.73 bits per heavy atom. The highest BCUT2D eigenvalue weighted by atomic mass is 16.6. The Balaban J connectivity index is 1.51. The smallest absolute Gasteiger partial charge is 0.409 e. The summed E-state index contributed by atoms with van der Waals surface area (Å²) in [5, 5.41) is 4.67. The summed E-state index contributed by atoms with van der Waals surface area (Å²) in [4.78, 5) is 38.1. The van der Waals surface area contributed by atoms with Crippen molar-refractivity contribution in [2.75, 3.05) is 33.4 Å². The second kappa shape index (κ2) is 9.96. The Hall–Kier alpha value is -3.29. The van der Waals surface area contributed by atoms with Gasteiger partial charge in [-0.15, -0.1) is 0 Å². The lowest BCUT2D eigenvalue weighted by atomic mass is 10.1. The van der Waals surface area contributed by atoms with Crippen LogP contribution in [0.4, 0.5) is 4.79 Å². The topological polar surface area (TPSA) is 94.2 Å². The van der Waals surface area contributed by atoms with E-state index in [0.29, 0.717) is 38.3 Å². The lowest BCUT2D eigenvalue weighted by Gasteiger charge is -2.31. The third-order valence-electron chi connectivity index (χ3n) is 5.01. The summed E-state index contributed by atoms with van der Waals surface area (Å²) in [5.41, 5.74) is 0.270. The molecule has 1 saturated heterocycles. The first-order valence-electron chi connectivity index (χ1n) is 9.96. The highest BCUT2D eigenvalue weighted by Gasteiger charge is 2.25. The van der Waals surface area contributed by atoms with E-state index in [9.17, 15) is 14.4 Å². The number of nitrogens with zero attached hydrogens (tertiary/aromatic N) is 1. The lowest BCUT2D eigenvalue weighted by molar-refractivity contribution is -0.125. The maximum atomic E-state index is 12.5. The molecule has 1 N–H and O–H groups in total. The number of benzene rings is 2. The molecule has 0 aromatic heterocycles. The Kier molecular flexibility index (Phi) is 7.11. The molecule has 0 atom stereocenters. The number of likely N-dealkylation sites (tertiary alicyclic amines) is 1. The zero-order valence-electron chi connectivity index (χ0n) is 17.2. The van der Waals surface area contributed by atoms with E-state index in [-0.39, 0.29) is 30.2 Å². The minimum atomic E-state index is -0.620. The quantitative estimate of drug-likeness (QED) is 0.731. The molecular formula is C22H26N2O6. The van der Waals surface area contributed by atoms with Crippen molar-refractivity contribution in [3.05, 3.63) is 42.0 Å². The summed E-state index contributed by atoms with van der Waals surface area (Å²) >= 11 is 0. The van der Waals surface area contributed by atoms with Gasteiger partial charge in [0.25, 0.3) is 5.91 Å². The summed E-state index contributed by atoms with van der Waals surface area (Å²) in [6.45, 7) is 2.74. The SMILES string of the molecule is CCOC(=O)N1CCC(NC(=O)COC(=O)c2cc3ccccc3cc2OC)CC1. The summed E-state index contributed by atoms with van der Waals surface area (Å²) in [6.07, 6.45) is 0.911. The monoisotopic (exact) mass is 414 g/mol. The van der Waals surface area contributed by atoms with Gasteiger partial charge in [0.05, 0.1) is 13.7 Å². The first-order chi connectivity index (χ1) is 14.5. The molecule has 8 nitrogen and oxygen atoms in total. The van der Waals surface area contributed by atoms with Gasteiger partial charge in [0.15, 0.2) is 6.61 Å². The number of hydrogen-bond acceptors (Lipinski definition) is 6. The van der Waals surface area contributed by atoms with Crippen molar-refractivity contribution >= 4 is 28.7 Å². The molecule has 0 radical (unpaired) electrons. The Bertz CT molecular complexity index is 921. The van der Waals surface area contributed by atoms with Crippen molar-refractivity contribution in [1.29, 1.82) is 0 Å². The first-order valence-corrected chi connectivity index (χ1v) is 9.96. The van der Waals surface area contributed by atoms with Gasteiger partial charge < -0.3 is 24.4 Å². The molecule has 8 heteroatoms. The van der Waals surface area contributed by atoms with Gasteiger partial charge in [-0.2, -0.15) is 0 Å². The van der Waals surface area contributed by atoms with E-state index in [1.165, 1.54) is 7.11 Å². The number of carbonyl (C=O) groups is 3. The molecule has 2 aromatic rings. The average Bonchev–Trinajstić information content (AvgIpc) is 2.77. The number of carbonyl (C=O) groups excluding carboxylic acids is 3. The molecule has 160 valence electrons. The number of piperidine rings is 1. The predicted molar refractivity (Wildman–Crippen MR) is 111 cm³/mol. The fraction of sp³-hybridized carbons (Fsp3) is 0.409. The van der Waals surface area contributed by atoms with Crippen molar-refractivity contribution < 1.29 is 28.6 Å². The number of ether oxygens (including phenoxy) is 3. The second-order valence-electron chi connectivity index (χ2n) is 7.00. The van der Waals surface area contributed by atoms with Gasteiger partial charge in [-0.1, -0.05) is 24.3 Å².